The van der Waals surface area contributed by atoms with Gasteiger partial charge >= 0.3 is 0 Å². The van der Waals surface area contributed by atoms with E-state index < -0.39 is 6.04 Å². The molecule has 1 atom stereocenters. The van der Waals surface area contributed by atoms with E-state index >= 15 is 0 Å². The van der Waals surface area contributed by atoms with E-state index in [4.69, 9.17) is 0 Å². The molecule has 1 saturated heterocycles. The molecule has 1 fully saturated rings. The normalized spacial score (nSPS) is 19.8. The van der Waals surface area contributed by atoms with Crippen LogP contribution in [0.2, 0.25) is 0 Å². The summed E-state index contributed by atoms with van der Waals surface area (Å²) >= 11 is 0. The smallest absolute Gasteiger partial charge is 0.242 e. The first-order chi connectivity index (χ1) is 12.6. The molecule has 2 aliphatic rings. The molecule has 0 aliphatic carbocycles. The van der Waals surface area contributed by atoms with Gasteiger partial charge in [0, 0.05) is 19.0 Å². The lowest BCUT2D eigenvalue weighted by Crippen LogP contribution is -2.51. The third-order valence-corrected chi connectivity index (χ3v) is 5.35. The van der Waals surface area contributed by atoms with Crippen LogP contribution in [0.4, 0.5) is 5.82 Å². The van der Waals surface area contributed by atoms with E-state index in [0.717, 1.165) is 24.5 Å². The van der Waals surface area contributed by atoms with Crippen LogP contribution in [0.1, 0.15) is 51.1 Å². The number of aromatic nitrogens is 2. The van der Waals surface area contributed by atoms with Crippen molar-refractivity contribution in [3.05, 3.63) is 11.8 Å². The molecule has 0 spiro atoms. The van der Waals surface area contributed by atoms with E-state index in [-0.39, 0.29) is 11.8 Å². The highest BCUT2D eigenvalue weighted by molar-refractivity contribution is 6.00. The van der Waals surface area contributed by atoms with Gasteiger partial charge in [-0.15, -0.1) is 0 Å². The maximum Gasteiger partial charge on any atom is 0.242 e. The molecular formula is C19H31N5O2. The number of carbonyl (C=O) groups is 2. The molecule has 3 heterocycles. The fourth-order valence-corrected chi connectivity index (χ4v) is 3.89. The highest BCUT2D eigenvalue weighted by Crippen LogP contribution is 2.24. The van der Waals surface area contributed by atoms with Crippen LogP contribution < -0.4 is 10.2 Å². The lowest BCUT2D eigenvalue weighted by Gasteiger charge is -2.32. The van der Waals surface area contributed by atoms with Crippen LogP contribution in [0.3, 0.4) is 0 Å². The molecule has 144 valence electrons. The van der Waals surface area contributed by atoms with Gasteiger partial charge in [-0.3, -0.25) is 14.5 Å². The zero-order chi connectivity index (χ0) is 18.5. The van der Waals surface area contributed by atoms with E-state index in [1.165, 1.54) is 38.8 Å². The molecule has 0 saturated carbocycles. The van der Waals surface area contributed by atoms with Crippen molar-refractivity contribution in [3.63, 3.8) is 0 Å². The Labute approximate surface area is 155 Å². The first-order valence-electron chi connectivity index (χ1n) is 9.93. The molecule has 3 rings (SSSR count). The van der Waals surface area contributed by atoms with Crippen molar-refractivity contribution in [1.29, 1.82) is 0 Å². The van der Waals surface area contributed by atoms with Crippen molar-refractivity contribution in [2.45, 2.75) is 65.0 Å². The highest BCUT2D eigenvalue weighted by atomic mass is 16.2. The standard InChI is InChI=1S/C19H31N5O2/c1-15-14-17-23(21-15)13-8-18(25)24(17)16(2)19(26)20-9-7-12-22-10-5-3-4-6-11-22/h14,16H,3-13H2,1-2H3,(H,20,26)/t16-/m0/s1. The predicted molar refractivity (Wildman–Crippen MR) is 101 cm³/mol. The summed E-state index contributed by atoms with van der Waals surface area (Å²) in [5.74, 6) is 0.622. The Hall–Kier alpha value is -1.89. The number of rotatable bonds is 6. The highest BCUT2D eigenvalue weighted by Gasteiger charge is 2.32. The number of fused-ring (bicyclic) bond motifs is 1. The number of aryl methyl sites for hydroxylation is 2. The van der Waals surface area contributed by atoms with Crippen LogP contribution >= 0.6 is 0 Å². The van der Waals surface area contributed by atoms with Crippen molar-refractivity contribution in [2.75, 3.05) is 31.1 Å². The Morgan fingerprint density at radius 3 is 2.69 bits per heavy atom. The minimum Gasteiger partial charge on any atom is -0.354 e. The van der Waals surface area contributed by atoms with Gasteiger partial charge in [0.2, 0.25) is 11.8 Å². The number of hydrogen-bond donors (Lipinski definition) is 1. The van der Waals surface area contributed by atoms with Crippen molar-refractivity contribution in [1.82, 2.24) is 20.0 Å². The molecule has 1 N–H and O–H groups in total. The Morgan fingerprint density at radius 2 is 1.96 bits per heavy atom. The van der Waals surface area contributed by atoms with Gasteiger partial charge in [-0.2, -0.15) is 5.10 Å². The number of likely N-dealkylation sites (tertiary alicyclic amines) is 1. The molecule has 0 bridgehead atoms. The summed E-state index contributed by atoms with van der Waals surface area (Å²) in [7, 11) is 0. The van der Waals surface area contributed by atoms with Crippen LogP contribution in [0.5, 0.6) is 0 Å². The zero-order valence-electron chi connectivity index (χ0n) is 16.0. The van der Waals surface area contributed by atoms with Gasteiger partial charge in [0.05, 0.1) is 12.2 Å². The van der Waals surface area contributed by atoms with Gasteiger partial charge in [-0.1, -0.05) is 12.8 Å². The Balaban J connectivity index is 1.49. The molecule has 2 aliphatic heterocycles. The molecule has 0 unspecified atom stereocenters. The molecule has 7 heteroatoms. The lowest BCUT2D eigenvalue weighted by atomic mass is 10.2. The predicted octanol–water partition coefficient (Wildman–Crippen LogP) is 1.70. The fourth-order valence-electron chi connectivity index (χ4n) is 3.89. The first-order valence-corrected chi connectivity index (χ1v) is 9.93. The maximum absolute atomic E-state index is 12.6. The molecule has 7 nitrogen and oxygen atoms in total. The van der Waals surface area contributed by atoms with Crippen molar-refractivity contribution in [3.8, 4) is 0 Å². The molecule has 0 aromatic carbocycles. The third-order valence-electron chi connectivity index (χ3n) is 5.35. The summed E-state index contributed by atoms with van der Waals surface area (Å²) in [4.78, 5) is 29.0. The van der Waals surface area contributed by atoms with E-state index in [2.05, 4.69) is 15.3 Å². The molecule has 2 amide bonds. The Morgan fingerprint density at radius 1 is 1.23 bits per heavy atom. The summed E-state index contributed by atoms with van der Waals surface area (Å²) < 4.78 is 1.82. The monoisotopic (exact) mass is 361 g/mol. The number of nitrogens with one attached hydrogen (secondary N) is 1. The summed E-state index contributed by atoms with van der Waals surface area (Å²) in [6.07, 6.45) is 6.58. The minimum absolute atomic E-state index is 0.00961. The zero-order valence-corrected chi connectivity index (χ0v) is 16.0. The number of hydrogen-bond acceptors (Lipinski definition) is 4. The summed E-state index contributed by atoms with van der Waals surface area (Å²) in [6.45, 7) is 8.32. The van der Waals surface area contributed by atoms with Crippen LogP contribution in [0, 0.1) is 6.92 Å². The van der Waals surface area contributed by atoms with Gasteiger partial charge in [0.1, 0.15) is 11.9 Å². The summed E-state index contributed by atoms with van der Waals surface area (Å²) in [6, 6.07) is 1.36. The second kappa shape index (κ2) is 8.66. The number of anilines is 1. The van der Waals surface area contributed by atoms with E-state index in [1.54, 1.807) is 11.8 Å². The average molecular weight is 361 g/mol. The average Bonchev–Trinajstić information content (AvgIpc) is 2.82. The molecule has 1 aromatic rings. The van der Waals surface area contributed by atoms with Crippen LogP contribution in [0.15, 0.2) is 6.07 Å². The molecule has 0 radical (unpaired) electrons. The number of nitrogens with zero attached hydrogens (tertiary/aromatic N) is 4. The summed E-state index contributed by atoms with van der Waals surface area (Å²) in [5, 5.41) is 7.40. The van der Waals surface area contributed by atoms with Crippen molar-refractivity contribution >= 4 is 17.6 Å². The van der Waals surface area contributed by atoms with Gasteiger partial charge in [-0.25, -0.2) is 4.68 Å². The van der Waals surface area contributed by atoms with Gasteiger partial charge < -0.3 is 10.2 Å². The minimum atomic E-state index is -0.518. The van der Waals surface area contributed by atoms with Crippen molar-refractivity contribution < 1.29 is 9.59 Å². The lowest BCUT2D eigenvalue weighted by molar-refractivity contribution is -0.126. The van der Waals surface area contributed by atoms with Gasteiger partial charge in [-0.05, 0) is 52.7 Å². The van der Waals surface area contributed by atoms with E-state index in [0.29, 0.717) is 19.5 Å². The molecule has 26 heavy (non-hydrogen) atoms. The topological polar surface area (TPSA) is 70.5 Å². The summed E-state index contributed by atoms with van der Waals surface area (Å²) in [5.41, 5.74) is 0.866. The van der Waals surface area contributed by atoms with Crippen LogP contribution in [-0.2, 0) is 16.1 Å². The van der Waals surface area contributed by atoms with Gasteiger partial charge in [0.25, 0.3) is 0 Å². The Kier molecular flexibility index (Phi) is 6.29. The largest absolute Gasteiger partial charge is 0.354 e. The SMILES string of the molecule is Cc1cc2n(n1)CCC(=O)N2[C@@H](C)C(=O)NCCCN1CCCCCC1. The number of carbonyl (C=O) groups excluding carboxylic acids is 2. The maximum atomic E-state index is 12.6. The Bertz CT molecular complexity index is 634. The molecular weight excluding hydrogens is 330 g/mol. The van der Waals surface area contributed by atoms with E-state index in [9.17, 15) is 9.59 Å². The van der Waals surface area contributed by atoms with Crippen LogP contribution in [0.25, 0.3) is 0 Å². The van der Waals surface area contributed by atoms with Gasteiger partial charge in [0.15, 0.2) is 0 Å². The first kappa shape index (κ1) is 18.9. The third kappa shape index (κ3) is 4.44. The quantitative estimate of drug-likeness (QED) is 0.783. The number of amides is 2. The van der Waals surface area contributed by atoms with Crippen molar-refractivity contribution in [2.24, 2.45) is 0 Å². The second-order valence-corrected chi connectivity index (χ2v) is 7.46. The van der Waals surface area contributed by atoms with Crippen LogP contribution in [-0.4, -0.2) is 58.7 Å². The molecule has 1 aromatic heterocycles. The van der Waals surface area contributed by atoms with E-state index in [1.807, 2.05) is 17.7 Å². The fraction of sp³-hybridized carbons (Fsp3) is 0.737. The second-order valence-electron chi connectivity index (χ2n) is 7.46.